The van der Waals surface area contributed by atoms with Crippen molar-refractivity contribution in [2.24, 2.45) is 17.8 Å². The van der Waals surface area contributed by atoms with Crippen LogP contribution in [0.15, 0.2) is 30.3 Å². The van der Waals surface area contributed by atoms with E-state index >= 15 is 0 Å². The van der Waals surface area contributed by atoms with Crippen LogP contribution >= 0.6 is 0 Å². The van der Waals surface area contributed by atoms with Crippen LogP contribution in [0.5, 0.6) is 0 Å². The molecule has 0 aromatic heterocycles. The van der Waals surface area contributed by atoms with E-state index in [1.54, 1.807) is 0 Å². The Morgan fingerprint density at radius 2 is 2.00 bits per heavy atom. The van der Waals surface area contributed by atoms with E-state index < -0.39 is 0 Å². The average molecular weight is 275 g/mol. The average Bonchev–Trinajstić information content (AvgIpc) is 3.07. The molecule has 1 aromatic carbocycles. The zero-order chi connectivity index (χ0) is 13.9. The molecule has 0 radical (unpaired) electrons. The molecule has 2 fully saturated rings. The first-order valence-electron chi connectivity index (χ1n) is 7.36. The fraction of sp³-hybridized carbons (Fsp3) is 0.562. The van der Waals surface area contributed by atoms with Gasteiger partial charge < -0.3 is 15.2 Å². The maximum absolute atomic E-state index is 11.9. The van der Waals surface area contributed by atoms with Gasteiger partial charge in [0, 0.05) is 18.6 Å². The summed E-state index contributed by atoms with van der Waals surface area (Å²) in [4.78, 5) is 11.9. The number of rotatable bonds is 4. The van der Waals surface area contributed by atoms with Gasteiger partial charge in [-0.3, -0.25) is 0 Å². The summed E-state index contributed by atoms with van der Waals surface area (Å²) in [5.74, 6) is 1.30. The van der Waals surface area contributed by atoms with Crippen molar-refractivity contribution in [1.29, 1.82) is 0 Å². The predicted octanol–water partition coefficient (Wildman–Crippen LogP) is 2.32. The Morgan fingerprint density at radius 1 is 1.25 bits per heavy atom. The normalized spacial score (nSPS) is 31.2. The molecule has 2 aliphatic carbocycles. The van der Waals surface area contributed by atoms with E-state index in [4.69, 9.17) is 4.74 Å². The zero-order valence-corrected chi connectivity index (χ0v) is 11.5. The molecule has 4 nitrogen and oxygen atoms in total. The number of amides is 1. The minimum Gasteiger partial charge on any atom is -0.445 e. The van der Waals surface area contributed by atoms with Gasteiger partial charge in [0.25, 0.3) is 0 Å². The lowest BCUT2D eigenvalue weighted by Gasteiger charge is -2.30. The van der Waals surface area contributed by atoms with Gasteiger partial charge in [-0.25, -0.2) is 4.79 Å². The van der Waals surface area contributed by atoms with Gasteiger partial charge in [-0.15, -0.1) is 0 Å². The highest BCUT2D eigenvalue weighted by molar-refractivity contribution is 5.67. The number of benzene rings is 1. The van der Waals surface area contributed by atoms with Crippen LogP contribution in [0, 0.1) is 17.8 Å². The van der Waals surface area contributed by atoms with Crippen LogP contribution in [0.2, 0.25) is 0 Å². The third kappa shape index (κ3) is 2.66. The molecule has 4 heteroatoms. The van der Waals surface area contributed by atoms with E-state index in [0.717, 1.165) is 18.4 Å². The van der Waals surface area contributed by atoms with Crippen molar-refractivity contribution in [2.75, 3.05) is 6.61 Å². The molecule has 20 heavy (non-hydrogen) atoms. The Bertz CT molecular complexity index is 462. The van der Waals surface area contributed by atoms with E-state index in [9.17, 15) is 9.90 Å². The number of aliphatic hydroxyl groups excluding tert-OH is 1. The van der Waals surface area contributed by atoms with Crippen LogP contribution in [-0.2, 0) is 11.3 Å². The van der Waals surface area contributed by atoms with Gasteiger partial charge in [0.2, 0.25) is 0 Å². The highest BCUT2D eigenvalue weighted by atomic mass is 16.5. The maximum atomic E-state index is 11.9. The van der Waals surface area contributed by atoms with Crippen molar-refractivity contribution >= 4 is 6.09 Å². The summed E-state index contributed by atoms with van der Waals surface area (Å²) in [6, 6.07) is 9.73. The summed E-state index contributed by atoms with van der Waals surface area (Å²) < 4.78 is 5.26. The molecule has 108 valence electrons. The molecule has 2 N–H and O–H groups in total. The SMILES string of the molecule is O=C(N[C@@H]1[C@@H]2CC[C@@H](C2)[C@@H]1CO)OCc1ccccc1. The largest absolute Gasteiger partial charge is 0.445 e. The van der Waals surface area contributed by atoms with E-state index in [1.807, 2.05) is 30.3 Å². The smallest absolute Gasteiger partial charge is 0.407 e. The molecule has 4 atom stereocenters. The van der Waals surface area contributed by atoms with Crippen molar-refractivity contribution in [3.8, 4) is 0 Å². The number of ether oxygens (including phenoxy) is 1. The van der Waals surface area contributed by atoms with Gasteiger partial charge in [0.1, 0.15) is 6.61 Å². The predicted molar refractivity (Wildman–Crippen MR) is 75.0 cm³/mol. The molecule has 1 aromatic rings. The third-order valence-electron chi connectivity index (χ3n) is 4.80. The van der Waals surface area contributed by atoms with Gasteiger partial charge in [0.15, 0.2) is 0 Å². The first-order chi connectivity index (χ1) is 9.78. The van der Waals surface area contributed by atoms with Gasteiger partial charge in [-0.2, -0.15) is 0 Å². The van der Waals surface area contributed by atoms with Crippen molar-refractivity contribution in [2.45, 2.75) is 31.9 Å². The van der Waals surface area contributed by atoms with Crippen molar-refractivity contribution < 1.29 is 14.6 Å². The number of hydrogen-bond donors (Lipinski definition) is 2. The number of hydrogen-bond acceptors (Lipinski definition) is 3. The molecule has 0 spiro atoms. The Labute approximate surface area is 119 Å². The number of fused-ring (bicyclic) bond motifs is 2. The lowest BCUT2D eigenvalue weighted by atomic mass is 9.85. The summed E-state index contributed by atoms with van der Waals surface area (Å²) >= 11 is 0. The summed E-state index contributed by atoms with van der Waals surface area (Å²) in [5, 5.41) is 12.4. The van der Waals surface area contributed by atoms with Gasteiger partial charge >= 0.3 is 6.09 Å². The quantitative estimate of drug-likeness (QED) is 0.886. The van der Waals surface area contributed by atoms with Crippen LogP contribution in [0.1, 0.15) is 24.8 Å². The number of nitrogens with one attached hydrogen (secondary N) is 1. The summed E-state index contributed by atoms with van der Waals surface area (Å²) in [6.07, 6.45) is 3.11. The van der Waals surface area contributed by atoms with Gasteiger partial charge in [0.05, 0.1) is 0 Å². The molecule has 0 saturated heterocycles. The first-order valence-corrected chi connectivity index (χ1v) is 7.36. The monoisotopic (exact) mass is 275 g/mol. The Morgan fingerprint density at radius 3 is 2.75 bits per heavy atom. The van der Waals surface area contributed by atoms with Crippen LogP contribution in [0.25, 0.3) is 0 Å². The number of carbonyl (C=O) groups is 1. The number of carbonyl (C=O) groups excluding carboxylic acids is 1. The fourth-order valence-corrected chi connectivity index (χ4v) is 3.80. The van der Waals surface area contributed by atoms with E-state index in [0.29, 0.717) is 11.8 Å². The standard InChI is InChI=1S/C16H21NO3/c18-9-14-12-6-7-13(8-12)15(14)17-16(19)20-10-11-4-2-1-3-5-11/h1-5,12-15,18H,6-10H2,(H,17,19)/t12-,13+,14-,15+/m0/s1. The second-order valence-electron chi connectivity index (χ2n) is 5.91. The second-order valence-corrected chi connectivity index (χ2v) is 5.91. The van der Waals surface area contributed by atoms with Crippen LogP contribution in [0.3, 0.4) is 0 Å². The lowest BCUT2D eigenvalue weighted by Crippen LogP contribution is -2.45. The third-order valence-corrected chi connectivity index (χ3v) is 4.80. The molecule has 0 heterocycles. The van der Waals surface area contributed by atoms with E-state index in [2.05, 4.69) is 5.32 Å². The molecule has 0 unspecified atom stereocenters. The van der Waals surface area contributed by atoms with Crippen molar-refractivity contribution in [1.82, 2.24) is 5.32 Å². The van der Waals surface area contributed by atoms with Crippen molar-refractivity contribution in [3.63, 3.8) is 0 Å². The summed E-state index contributed by atoms with van der Waals surface area (Å²) in [5.41, 5.74) is 0.981. The minimum atomic E-state index is -0.371. The fourth-order valence-electron chi connectivity index (χ4n) is 3.80. The van der Waals surface area contributed by atoms with Crippen molar-refractivity contribution in [3.05, 3.63) is 35.9 Å². The molecule has 0 aliphatic heterocycles. The molecule has 3 rings (SSSR count). The number of aliphatic hydroxyl groups is 1. The Balaban J connectivity index is 1.51. The zero-order valence-electron chi connectivity index (χ0n) is 11.5. The van der Waals surface area contributed by atoms with Crippen LogP contribution in [0.4, 0.5) is 4.79 Å². The highest BCUT2D eigenvalue weighted by Crippen LogP contribution is 2.48. The van der Waals surface area contributed by atoms with E-state index in [-0.39, 0.29) is 31.3 Å². The van der Waals surface area contributed by atoms with E-state index in [1.165, 1.54) is 6.42 Å². The summed E-state index contributed by atoms with van der Waals surface area (Å²) in [6.45, 7) is 0.447. The topological polar surface area (TPSA) is 58.6 Å². The Kier molecular flexibility index (Phi) is 3.92. The molecular weight excluding hydrogens is 254 g/mol. The Hall–Kier alpha value is -1.55. The molecular formula is C16H21NO3. The van der Waals surface area contributed by atoms with Gasteiger partial charge in [-0.1, -0.05) is 30.3 Å². The minimum absolute atomic E-state index is 0.0852. The molecule has 2 saturated carbocycles. The van der Waals surface area contributed by atoms with Crippen LogP contribution < -0.4 is 5.32 Å². The molecule has 1 amide bonds. The number of alkyl carbamates (subject to hydrolysis) is 1. The molecule has 2 aliphatic rings. The highest BCUT2D eigenvalue weighted by Gasteiger charge is 2.47. The van der Waals surface area contributed by atoms with Gasteiger partial charge in [-0.05, 0) is 36.7 Å². The second kappa shape index (κ2) is 5.83. The maximum Gasteiger partial charge on any atom is 0.407 e. The lowest BCUT2D eigenvalue weighted by molar-refractivity contribution is 0.110. The summed E-state index contributed by atoms with van der Waals surface area (Å²) in [7, 11) is 0. The van der Waals surface area contributed by atoms with Crippen LogP contribution in [-0.4, -0.2) is 23.8 Å². The first kappa shape index (κ1) is 13.4. The molecule has 2 bridgehead atoms.